The summed E-state index contributed by atoms with van der Waals surface area (Å²) in [6.45, 7) is 0.108. The van der Waals surface area contributed by atoms with Crippen LogP contribution in [0.1, 0.15) is 36.5 Å². The zero-order valence-corrected chi connectivity index (χ0v) is 21.0. The number of alkyl halides is 5. The number of carbonyl (C=O) groups is 1. The summed E-state index contributed by atoms with van der Waals surface area (Å²) in [7, 11) is 0. The predicted octanol–water partition coefficient (Wildman–Crippen LogP) is 4.61. The first-order valence-corrected chi connectivity index (χ1v) is 12.1. The number of hydrogen-bond donors (Lipinski definition) is 2. The van der Waals surface area contributed by atoms with Crippen molar-refractivity contribution in [1.29, 1.82) is 0 Å². The number of rotatable bonds is 6. The highest BCUT2D eigenvalue weighted by atomic mass is 19.4. The molecule has 1 fully saturated rings. The van der Waals surface area contributed by atoms with E-state index in [-0.39, 0.29) is 18.7 Å². The molecule has 7 nitrogen and oxygen atoms in total. The second kappa shape index (κ2) is 10.9. The Hall–Kier alpha value is -3.82. The van der Waals surface area contributed by atoms with Gasteiger partial charge in [-0.3, -0.25) is 14.2 Å². The monoisotopic (exact) mass is 596 g/mol. The van der Waals surface area contributed by atoms with Gasteiger partial charge in [0, 0.05) is 24.9 Å². The number of amides is 1. The van der Waals surface area contributed by atoms with Gasteiger partial charge in [0.25, 0.3) is 5.91 Å². The fourth-order valence-electron chi connectivity index (χ4n) is 4.59. The zero-order chi connectivity index (χ0) is 30.4. The number of fused-ring (bicyclic) bond motifs is 1. The third kappa shape index (κ3) is 5.44. The lowest BCUT2D eigenvalue weighted by Gasteiger charge is -2.35. The van der Waals surface area contributed by atoms with E-state index in [0.29, 0.717) is 43.0 Å². The van der Waals surface area contributed by atoms with Crippen molar-refractivity contribution < 1.29 is 49.4 Å². The van der Waals surface area contributed by atoms with Crippen molar-refractivity contribution in [2.24, 2.45) is 0 Å². The van der Waals surface area contributed by atoms with Crippen LogP contribution in [0.5, 0.6) is 0 Å². The smallest absolute Gasteiger partial charge is 0.394 e. The molecule has 16 heteroatoms. The molecule has 0 aliphatic carbocycles. The topological polar surface area (TPSA) is 87.5 Å². The van der Waals surface area contributed by atoms with Crippen LogP contribution in [0.2, 0.25) is 0 Å². The average Bonchev–Trinajstić information content (AvgIpc) is 2.88. The third-order valence-corrected chi connectivity index (χ3v) is 6.76. The number of carbonyl (C=O) groups excluding carboxylic acids is 1. The molecule has 1 unspecified atom stereocenters. The van der Waals surface area contributed by atoms with E-state index in [9.17, 15) is 49.8 Å². The Kier molecular flexibility index (Phi) is 7.99. The molecule has 41 heavy (non-hydrogen) atoms. The molecule has 1 aromatic carbocycles. The van der Waals surface area contributed by atoms with Gasteiger partial charge in [0.1, 0.15) is 17.1 Å². The first kappa shape index (κ1) is 30.1. The number of aliphatic hydroxyl groups is 1. The quantitative estimate of drug-likeness (QED) is 0.406. The minimum Gasteiger partial charge on any atom is -0.394 e. The van der Waals surface area contributed by atoms with Gasteiger partial charge in [0.2, 0.25) is 5.43 Å². The normalized spacial score (nSPS) is 17.1. The van der Waals surface area contributed by atoms with E-state index in [1.54, 1.807) is 0 Å². The molecule has 0 saturated carbocycles. The standard InChI is InChI=1S/C25H21F9N4O3/c1-11(24(30,31)25(32,33)34)35-23(41)15-9-38(19-16(27)6-12(26)7-17(19)28)21-14(20(15)40)8-18(29)22(36-21)37-5-3-2-4-13(37)10-39/h6-9,11,13,39H,2-5,10H2,1H3,(H,35,41)/t11?,13-/m1/s1. The number of nitrogens with one attached hydrogen (secondary N) is 1. The molecule has 1 amide bonds. The number of hydrogen-bond acceptors (Lipinski definition) is 5. The largest absolute Gasteiger partial charge is 0.455 e. The Balaban J connectivity index is 1.96. The SMILES string of the molecule is CC(NC(=O)c1cn(-c2c(F)cc(F)cc2F)c2nc(N3CCCC[C@@H]3CO)c(F)cc2c1=O)C(F)(F)C(F)(F)F. The van der Waals surface area contributed by atoms with Gasteiger partial charge in [0.15, 0.2) is 28.9 Å². The van der Waals surface area contributed by atoms with Gasteiger partial charge in [0.05, 0.1) is 24.1 Å². The molecule has 3 heterocycles. The highest BCUT2D eigenvalue weighted by molar-refractivity contribution is 5.97. The fourth-order valence-corrected chi connectivity index (χ4v) is 4.59. The van der Waals surface area contributed by atoms with Crippen molar-refractivity contribution in [3.63, 3.8) is 0 Å². The highest BCUT2D eigenvalue weighted by Crippen LogP contribution is 2.38. The number of piperidine rings is 1. The van der Waals surface area contributed by atoms with Gasteiger partial charge in [-0.15, -0.1) is 0 Å². The maximum Gasteiger partial charge on any atom is 0.455 e. The van der Waals surface area contributed by atoms with Crippen molar-refractivity contribution in [3.8, 4) is 5.69 Å². The van der Waals surface area contributed by atoms with Crippen molar-refractivity contribution in [2.75, 3.05) is 18.1 Å². The number of aromatic nitrogens is 2. The van der Waals surface area contributed by atoms with Gasteiger partial charge in [-0.1, -0.05) is 0 Å². The summed E-state index contributed by atoms with van der Waals surface area (Å²) in [5.74, 6) is -13.3. The molecule has 0 spiro atoms. The second-order valence-corrected chi connectivity index (χ2v) is 9.47. The lowest BCUT2D eigenvalue weighted by Crippen LogP contribution is -2.54. The van der Waals surface area contributed by atoms with Crippen LogP contribution in [0, 0.1) is 23.3 Å². The molecule has 3 aromatic rings. The van der Waals surface area contributed by atoms with Crippen LogP contribution in [0.4, 0.5) is 45.3 Å². The van der Waals surface area contributed by atoms with Crippen LogP contribution in [-0.4, -0.2) is 57.9 Å². The van der Waals surface area contributed by atoms with E-state index in [1.165, 1.54) is 10.2 Å². The third-order valence-electron chi connectivity index (χ3n) is 6.76. The lowest BCUT2D eigenvalue weighted by molar-refractivity contribution is -0.290. The molecular formula is C25H21F9N4O3. The summed E-state index contributed by atoms with van der Waals surface area (Å²) in [4.78, 5) is 31.3. The Bertz CT molecular complexity index is 1540. The maximum absolute atomic E-state index is 15.3. The molecule has 222 valence electrons. The maximum atomic E-state index is 15.3. The molecule has 2 atom stereocenters. The van der Waals surface area contributed by atoms with Crippen LogP contribution < -0.4 is 15.6 Å². The van der Waals surface area contributed by atoms with Crippen LogP contribution in [0.25, 0.3) is 16.7 Å². The second-order valence-electron chi connectivity index (χ2n) is 9.47. The average molecular weight is 596 g/mol. The fraction of sp³-hybridized carbons (Fsp3) is 0.400. The molecule has 4 rings (SSSR count). The molecule has 0 radical (unpaired) electrons. The summed E-state index contributed by atoms with van der Waals surface area (Å²) >= 11 is 0. The minimum absolute atomic E-state index is 0.204. The van der Waals surface area contributed by atoms with Crippen LogP contribution in [0.3, 0.4) is 0 Å². The summed E-state index contributed by atoms with van der Waals surface area (Å²) in [6.07, 6.45) is -3.97. The van der Waals surface area contributed by atoms with E-state index in [4.69, 9.17) is 0 Å². The van der Waals surface area contributed by atoms with Crippen molar-refractivity contribution >= 4 is 22.8 Å². The van der Waals surface area contributed by atoms with Gasteiger partial charge >= 0.3 is 12.1 Å². The molecular weight excluding hydrogens is 575 g/mol. The van der Waals surface area contributed by atoms with E-state index in [2.05, 4.69) is 4.98 Å². The highest BCUT2D eigenvalue weighted by Gasteiger charge is 2.61. The van der Waals surface area contributed by atoms with Gasteiger partial charge in [-0.05, 0) is 32.3 Å². The Morgan fingerprint density at radius 2 is 1.71 bits per heavy atom. The Labute approximate surface area is 225 Å². The number of aliphatic hydroxyl groups excluding tert-OH is 1. The summed E-state index contributed by atoms with van der Waals surface area (Å²) in [6, 6.07) is -2.46. The summed E-state index contributed by atoms with van der Waals surface area (Å²) in [5, 5.41) is 10.3. The van der Waals surface area contributed by atoms with Gasteiger partial charge in [-0.25, -0.2) is 22.5 Å². The molecule has 2 N–H and O–H groups in total. The molecule has 0 bridgehead atoms. The van der Waals surface area contributed by atoms with Crippen LogP contribution in [-0.2, 0) is 0 Å². The number of pyridine rings is 2. The van der Waals surface area contributed by atoms with Gasteiger partial charge < -0.3 is 15.3 Å². The van der Waals surface area contributed by atoms with E-state index in [1.807, 2.05) is 0 Å². The first-order valence-electron chi connectivity index (χ1n) is 12.1. The van der Waals surface area contributed by atoms with Gasteiger partial charge in [-0.2, -0.15) is 22.0 Å². The first-order chi connectivity index (χ1) is 19.1. The minimum atomic E-state index is -6.08. The number of halogens is 9. The van der Waals surface area contributed by atoms with E-state index >= 15 is 4.39 Å². The Morgan fingerprint density at radius 3 is 2.29 bits per heavy atom. The van der Waals surface area contributed by atoms with Crippen molar-refractivity contribution in [1.82, 2.24) is 14.9 Å². The number of anilines is 1. The number of nitrogens with zero attached hydrogens (tertiary/aromatic N) is 3. The van der Waals surface area contributed by atoms with Crippen LogP contribution in [0.15, 0.2) is 29.2 Å². The Morgan fingerprint density at radius 1 is 1.07 bits per heavy atom. The summed E-state index contributed by atoms with van der Waals surface area (Å²) in [5.41, 5.74) is -4.36. The van der Waals surface area contributed by atoms with E-state index < -0.39 is 93.5 Å². The van der Waals surface area contributed by atoms with Crippen molar-refractivity contribution in [2.45, 2.75) is 50.4 Å². The van der Waals surface area contributed by atoms with Crippen LogP contribution >= 0.6 is 0 Å². The molecule has 1 aliphatic heterocycles. The predicted molar refractivity (Wildman–Crippen MR) is 127 cm³/mol. The number of benzene rings is 1. The van der Waals surface area contributed by atoms with Crippen molar-refractivity contribution in [3.05, 3.63) is 63.5 Å². The summed E-state index contributed by atoms with van der Waals surface area (Å²) < 4.78 is 125. The lowest BCUT2D eigenvalue weighted by atomic mass is 10.0. The zero-order valence-electron chi connectivity index (χ0n) is 21.0. The van der Waals surface area contributed by atoms with E-state index in [0.717, 1.165) is 0 Å². The molecule has 1 saturated heterocycles. The molecule has 2 aromatic heterocycles. The molecule has 1 aliphatic rings.